The fraction of sp³-hybridized carbons (Fsp3) is 0.595. The van der Waals surface area contributed by atoms with Crippen LogP contribution < -0.4 is 30.1 Å². The molecule has 1 aromatic heterocycles. The molecule has 0 spiro atoms. The van der Waals surface area contributed by atoms with Gasteiger partial charge in [0.2, 0.25) is 21.8 Å². The number of ether oxygens (including phenoxy) is 3. The van der Waals surface area contributed by atoms with E-state index < -0.39 is 80.2 Å². The van der Waals surface area contributed by atoms with Crippen molar-refractivity contribution in [1.29, 1.82) is 0 Å². The first-order chi connectivity index (χ1) is 25.5. The Bertz CT molecular complexity index is 1910. The summed E-state index contributed by atoms with van der Waals surface area (Å²) in [6.45, 7) is 5.05. The number of rotatable bonds is 8. The third kappa shape index (κ3) is 8.61. The number of aromatic amines is 1. The van der Waals surface area contributed by atoms with Crippen molar-refractivity contribution < 1.29 is 46.6 Å². The Hall–Kier alpha value is -4.80. The smallest absolute Gasteiger partial charge is 0.408 e. The summed E-state index contributed by atoms with van der Waals surface area (Å²) in [5.74, 6) is -2.02. The monoisotopic (exact) mass is 770 g/mol. The van der Waals surface area contributed by atoms with Gasteiger partial charge in [0.05, 0.1) is 19.5 Å². The molecular weight excluding hydrogens is 721 g/mol. The van der Waals surface area contributed by atoms with E-state index in [1.807, 2.05) is 12.2 Å². The van der Waals surface area contributed by atoms with Crippen LogP contribution in [0.2, 0.25) is 0 Å². The van der Waals surface area contributed by atoms with Crippen molar-refractivity contribution >= 4 is 50.6 Å². The second kappa shape index (κ2) is 15.1. The summed E-state index contributed by atoms with van der Waals surface area (Å²) < 4.78 is 44.0. The average Bonchev–Trinajstić information content (AvgIpc) is 3.99. The standard InChI is InChI=1S/C37H50N6O10S/c1-36(2,3)53-35(48)40-25-12-10-8-6-7-9-11-22-19-37(22,34(47)42-54(49,50)24-13-14-24)41-32(45)28-17-23(20-43(28)33(25)46)38-31(44)27-15-21-16-29(51-4)30(52-5)18-26(21)39-27/h9,11,15-16,18,22-25,28,39H,6-8,10,12-14,17,19-20H2,1-5H3,(H,38,44)(H,40,48)(H,41,45)(H,42,47)/t22-,23-,25+,28+,37-/m1/s1. The molecule has 0 unspecified atom stereocenters. The zero-order valence-corrected chi connectivity index (χ0v) is 32.1. The third-order valence-electron chi connectivity index (χ3n) is 10.3. The molecule has 5 amide bonds. The highest BCUT2D eigenvalue weighted by molar-refractivity contribution is 7.91. The molecule has 3 fully saturated rings. The van der Waals surface area contributed by atoms with Crippen LogP contribution in [0.25, 0.3) is 10.9 Å². The first-order valence-corrected chi connectivity index (χ1v) is 20.0. The van der Waals surface area contributed by atoms with Gasteiger partial charge in [-0.1, -0.05) is 25.0 Å². The SMILES string of the molecule is COc1cc2cc(C(=O)N[C@@H]3C[C@H]4C(=O)N[C@]5(C(=O)NS(=O)(=O)C6CC6)C[C@H]5C=CCCCCC[C@H](NC(=O)OC(C)(C)C)C(=O)N4C3)[nH]c2cc1OC. The van der Waals surface area contributed by atoms with Crippen LogP contribution in [0.1, 0.15) is 89.0 Å². The Balaban J connectivity index is 1.28. The topological polar surface area (TPSA) is 214 Å². The molecule has 2 aromatic rings. The Morgan fingerprint density at radius 2 is 1.69 bits per heavy atom. The van der Waals surface area contributed by atoms with Crippen LogP contribution in [0.15, 0.2) is 30.4 Å². The predicted octanol–water partition coefficient (Wildman–Crippen LogP) is 2.78. The highest BCUT2D eigenvalue weighted by atomic mass is 32.2. The number of nitrogens with one attached hydrogen (secondary N) is 5. The van der Waals surface area contributed by atoms with Crippen LogP contribution in [0, 0.1) is 5.92 Å². The lowest BCUT2D eigenvalue weighted by Gasteiger charge is -2.30. The third-order valence-corrected chi connectivity index (χ3v) is 12.1. The molecule has 2 aliphatic heterocycles. The lowest BCUT2D eigenvalue weighted by atomic mass is 10.0. The largest absolute Gasteiger partial charge is 0.493 e. The van der Waals surface area contributed by atoms with Crippen molar-refractivity contribution in [1.82, 2.24) is 30.6 Å². The van der Waals surface area contributed by atoms with Crippen LogP contribution in [-0.4, -0.2) is 103 Å². The van der Waals surface area contributed by atoms with E-state index in [1.54, 1.807) is 39.0 Å². The van der Waals surface area contributed by atoms with E-state index in [1.165, 1.54) is 19.1 Å². The summed E-state index contributed by atoms with van der Waals surface area (Å²) in [4.78, 5) is 73.3. The fourth-order valence-corrected chi connectivity index (χ4v) is 8.56. The molecule has 5 atom stereocenters. The van der Waals surface area contributed by atoms with Crippen LogP contribution in [0.3, 0.4) is 0 Å². The highest BCUT2D eigenvalue weighted by Gasteiger charge is 2.62. The van der Waals surface area contributed by atoms with Crippen molar-refractivity contribution in [2.75, 3.05) is 20.8 Å². The second-order valence-electron chi connectivity index (χ2n) is 15.6. The van der Waals surface area contributed by atoms with Gasteiger partial charge in [0.15, 0.2) is 11.5 Å². The lowest BCUT2D eigenvalue weighted by molar-refractivity contribution is -0.141. The molecule has 294 valence electrons. The fourth-order valence-electron chi connectivity index (χ4n) is 7.20. The van der Waals surface area contributed by atoms with Crippen molar-refractivity contribution in [2.24, 2.45) is 5.92 Å². The van der Waals surface area contributed by atoms with Crippen molar-refractivity contribution in [3.8, 4) is 11.5 Å². The molecule has 5 N–H and O–H groups in total. The van der Waals surface area contributed by atoms with Gasteiger partial charge in [-0.3, -0.25) is 23.9 Å². The van der Waals surface area contributed by atoms with E-state index in [9.17, 15) is 32.4 Å². The van der Waals surface area contributed by atoms with Gasteiger partial charge >= 0.3 is 6.09 Å². The molecule has 16 nitrogen and oxygen atoms in total. The number of hydrogen-bond acceptors (Lipinski definition) is 10. The molecule has 1 aromatic carbocycles. The van der Waals surface area contributed by atoms with E-state index >= 15 is 0 Å². The van der Waals surface area contributed by atoms with Gasteiger partial charge in [-0.2, -0.15) is 0 Å². The summed E-state index contributed by atoms with van der Waals surface area (Å²) in [6, 6.07) is 2.18. The number of allylic oxidation sites excluding steroid dienone is 1. The van der Waals surface area contributed by atoms with Crippen molar-refractivity contribution in [3.05, 3.63) is 36.0 Å². The number of aromatic nitrogens is 1. The van der Waals surface area contributed by atoms with Gasteiger partial charge in [0.1, 0.15) is 28.9 Å². The number of fused-ring (bicyclic) bond motifs is 3. The number of alkyl carbamates (subject to hydrolysis) is 1. The van der Waals surface area contributed by atoms with E-state index in [0.717, 1.165) is 12.8 Å². The van der Waals surface area contributed by atoms with Gasteiger partial charge in [-0.25, -0.2) is 13.2 Å². The van der Waals surface area contributed by atoms with Crippen LogP contribution in [0.4, 0.5) is 4.79 Å². The van der Waals surface area contributed by atoms with Gasteiger partial charge in [0.25, 0.3) is 11.8 Å². The van der Waals surface area contributed by atoms with Crippen LogP contribution >= 0.6 is 0 Å². The Labute approximate surface area is 314 Å². The van der Waals surface area contributed by atoms with Gasteiger partial charge < -0.3 is 40.0 Å². The normalized spacial score (nSPS) is 26.4. The quantitative estimate of drug-likeness (QED) is 0.248. The first-order valence-electron chi connectivity index (χ1n) is 18.4. The maximum atomic E-state index is 14.4. The number of hydrogen-bond donors (Lipinski definition) is 5. The first kappa shape index (κ1) is 38.9. The minimum atomic E-state index is -3.91. The van der Waals surface area contributed by atoms with Crippen LogP contribution in [0.5, 0.6) is 11.5 Å². The molecule has 4 aliphatic rings. The van der Waals surface area contributed by atoms with E-state index in [4.69, 9.17) is 14.2 Å². The minimum Gasteiger partial charge on any atom is -0.493 e. The Morgan fingerprint density at radius 1 is 0.963 bits per heavy atom. The molecule has 0 radical (unpaired) electrons. The number of carbonyl (C=O) groups excluding carboxylic acids is 5. The molecular formula is C37H50N6O10S. The molecule has 3 heterocycles. The number of methoxy groups -OCH3 is 2. The van der Waals surface area contributed by atoms with E-state index in [-0.39, 0.29) is 31.5 Å². The number of nitrogens with zero attached hydrogens (tertiary/aromatic N) is 1. The Kier molecular flexibility index (Phi) is 10.9. The minimum absolute atomic E-state index is 0.0110. The van der Waals surface area contributed by atoms with Crippen molar-refractivity contribution in [3.63, 3.8) is 0 Å². The molecule has 2 saturated carbocycles. The number of sulfonamides is 1. The zero-order valence-electron chi connectivity index (χ0n) is 31.3. The lowest BCUT2D eigenvalue weighted by Crippen LogP contribution is -2.58. The predicted molar refractivity (Wildman–Crippen MR) is 197 cm³/mol. The zero-order chi connectivity index (χ0) is 39.0. The molecule has 17 heteroatoms. The van der Waals surface area contributed by atoms with Gasteiger partial charge in [0, 0.05) is 35.5 Å². The van der Waals surface area contributed by atoms with Gasteiger partial charge in [-0.15, -0.1) is 0 Å². The maximum absolute atomic E-state index is 14.4. The Morgan fingerprint density at radius 3 is 2.37 bits per heavy atom. The summed E-state index contributed by atoms with van der Waals surface area (Å²) >= 11 is 0. The van der Waals surface area contributed by atoms with E-state index in [2.05, 4.69) is 25.7 Å². The number of carbonyl (C=O) groups is 5. The highest BCUT2D eigenvalue weighted by Crippen LogP contribution is 2.46. The molecule has 54 heavy (non-hydrogen) atoms. The number of amides is 5. The van der Waals surface area contributed by atoms with Gasteiger partial charge in [-0.05, 0) is 77.8 Å². The summed E-state index contributed by atoms with van der Waals surface area (Å²) in [7, 11) is -0.894. The summed E-state index contributed by atoms with van der Waals surface area (Å²) in [5, 5.41) is 8.52. The number of benzene rings is 1. The number of H-pyrrole nitrogens is 1. The molecule has 0 bridgehead atoms. The maximum Gasteiger partial charge on any atom is 0.408 e. The van der Waals surface area contributed by atoms with Crippen molar-refractivity contribution in [2.45, 2.75) is 113 Å². The van der Waals surface area contributed by atoms with E-state index in [0.29, 0.717) is 48.1 Å². The average molecular weight is 771 g/mol. The summed E-state index contributed by atoms with van der Waals surface area (Å²) in [6.07, 6.45) is 7.11. The van der Waals surface area contributed by atoms with Crippen LogP contribution in [-0.2, 0) is 29.1 Å². The summed E-state index contributed by atoms with van der Waals surface area (Å²) in [5.41, 5.74) is -1.51. The molecule has 6 rings (SSSR count). The second-order valence-corrected chi connectivity index (χ2v) is 17.6. The molecule has 2 aliphatic carbocycles. The molecule has 1 saturated heterocycles.